The van der Waals surface area contributed by atoms with E-state index in [2.05, 4.69) is 25.4 Å². The molecule has 3 N–H and O–H groups in total. The van der Waals surface area contributed by atoms with E-state index in [0.717, 1.165) is 12.1 Å². The van der Waals surface area contributed by atoms with Crippen LogP contribution in [-0.2, 0) is 0 Å². The zero-order valence-corrected chi connectivity index (χ0v) is 10.5. The second-order valence-corrected chi connectivity index (χ2v) is 3.99. The van der Waals surface area contributed by atoms with Gasteiger partial charge in [0.1, 0.15) is 17.3 Å². The molecule has 7 nitrogen and oxygen atoms in total. The van der Waals surface area contributed by atoms with Gasteiger partial charge in [-0.3, -0.25) is 0 Å². The normalized spacial score (nSPS) is 10.6. The number of rotatable bonds is 3. The van der Waals surface area contributed by atoms with Crippen LogP contribution in [0.3, 0.4) is 0 Å². The Labute approximate surface area is 117 Å². The first kappa shape index (κ1) is 12.9. The molecule has 0 aliphatic heterocycles. The van der Waals surface area contributed by atoms with Gasteiger partial charge < -0.3 is 11.1 Å². The van der Waals surface area contributed by atoms with Gasteiger partial charge in [-0.15, -0.1) is 0 Å². The maximum Gasteiger partial charge on any atom is 0.257 e. The molecule has 9 heteroatoms. The maximum atomic E-state index is 13.6. The molecule has 21 heavy (non-hydrogen) atoms. The number of aromatic nitrogens is 5. The Bertz CT molecular complexity index is 753. The molecule has 0 amide bonds. The van der Waals surface area contributed by atoms with Crippen LogP contribution in [0.2, 0.25) is 0 Å². The van der Waals surface area contributed by atoms with E-state index in [1.54, 1.807) is 12.3 Å². The summed E-state index contributed by atoms with van der Waals surface area (Å²) < 4.78 is 28.5. The molecule has 0 spiro atoms. The summed E-state index contributed by atoms with van der Waals surface area (Å²) in [5.41, 5.74) is 5.20. The van der Waals surface area contributed by atoms with Crippen molar-refractivity contribution in [1.82, 2.24) is 24.7 Å². The van der Waals surface area contributed by atoms with E-state index in [4.69, 9.17) is 5.73 Å². The van der Waals surface area contributed by atoms with E-state index in [1.807, 2.05) is 0 Å². The van der Waals surface area contributed by atoms with Crippen LogP contribution in [0.25, 0.3) is 5.95 Å². The zero-order valence-electron chi connectivity index (χ0n) is 10.5. The van der Waals surface area contributed by atoms with Crippen LogP contribution in [0.1, 0.15) is 0 Å². The molecule has 0 atom stereocenters. The number of hydrogen-bond acceptors (Lipinski definition) is 6. The number of benzene rings is 1. The summed E-state index contributed by atoms with van der Waals surface area (Å²) >= 11 is 0. The minimum Gasteiger partial charge on any atom is -0.368 e. The van der Waals surface area contributed by atoms with Crippen molar-refractivity contribution in [2.45, 2.75) is 0 Å². The van der Waals surface area contributed by atoms with Gasteiger partial charge in [0.05, 0.1) is 0 Å². The largest absolute Gasteiger partial charge is 0.368 e. The molecule has 106 valence electrons. The number of hydrogen-bond donors (Lipinski definition) is 2. The average Bonchev–Trinajstić information content (AvgIpc) is 2.97. The molecule has 0 unspecified atom stereocenters. The molecule has 0 bridgehead atoms. The minimum atomic E-state index is -0.769. The fraction of sp³-hybridized carbons (Fsp3) is 0. The van der Waals surface area contributed by atoms with E-state index in [-0.39, 0.29) is 23.5 Å². The highest BCUT2D eigenvalue weighted by Gasteiger charge is 2.12. The molecular formula is C12H9F2N7. The van der Waals surface area contributed by atoms with E-state index >= 15 is 0 Å². The Kier molecular flexibility index (Phi) is 3.14. The lowest BCUT2D eigenvalue weighted by molar-refractivity contribution is 0.590. The summed E-state index contributed by atoms with van der Waals surface area (Å²) in [5.74, 6) is -1.59. The quantitative estimate of drug-likeness (QED) is 0.761. The fourth-order valence-corrected chi connectivity index (χ4v) is 1.66. The predicted octanol–water partition coefficient (Wildman–Crippen LogP) is 1.66. The number of nitrogens with zero attached hydrogens (tertiary/aromatic N) is 5. The maximum absolute atomic E-state index is 13.6. The summed E-state index contributed by atoms with van der Waals surface area (Å²) in [4.78, 5) is 11.7. The summed E-state index contributed by atoms with van der Waals surface area (Å²) in [7, 11) is 0. The third-order valence-electron chi connectivity index (χ3n) is 2.55. The van der Waals surface area contributed by atoms with Crippen LogP contribution < -0.4 is 11.1 Å². The SMILES string of the molecule is Nc1nc(Nc2c(F)cccc2F)nc(-n2cccn2)n1. The molecule has 0 radical (unpaired) electrons. The zero-order chi connectivity index (χ0) is 14.8. The summed E-state index contributed by atoms with van der Waals surface area (Å²) in [6.45, 7) is 0. The van der Waals surface area contributed by atoms with E-state index in [1.165, 1.54) is 16.9 Å². The van der Waals surface area contributed by atoms with Crippen molar-refractivity contribution in [2.75, 3.05) is 11.1 Å². The Morgan fingerprint density at radius 3 is 2.48 bits per heavy atom. The molecule has 0 fully saturated rings. The van der Waals surface area contributed by atoms with Crippen molar-refractivity contribution in [3.05, 3.63) is 48.3 Å². The Balaban J connectivity index is 2.00. The van der Waals surface area contributed by atoms with Crippen LogP contribution in [-0.4, -0.2) is 24.7 Å². The van der Waals surface area contributed by atoms with Crippen molar-refractivity contribution in [1.29, 1.82) is 0 Å². The number of para-hydroxylation sites is 1. The van der Waals surface area contributed by atoms with Crippen LogP contribution in [0.4, 0.5) is 26.4 Å². The average molecular weight is 289 g/mol. The standard InChI is InChI=1S/C12H9F2N7/c13-7-3-1-4-8(14)9(7)17-11-18-10(15)19-12(20-11)21-6-2-5-16-21/h1-6H,(H3,15,17,18,19,20). The van der Waals surface area contributed by atoms with E-state index in [9.17, 15) is 8.78 Å². The van der Waals surface area contributed by atoms with E-state index in [0.29, 0.717) is 0 Å². The van der Waals surface area contributed by atoms with Crippen molar-refractivity contribution < 1.29 is 8.78 Å². The van der Waals surface area contributed by atoms with Gasteiger partial charge in [-0.2, -0.15) is 20.1 Å². The number of nitrogens with two attached hydrogens (primary N) is 1. The highest BCUT2D eigenvalue weighted by molar-refractivity contribution is 5.56. The molecule has 2 heterocycles. The number of halogens is 2. The number of nitrogen functional groups attached to an aromatic ring is 1. The minimum absolute atomic E-state index is 0.0861. The summed E-state index contributed by atoms with van der Waals surface area (Å²) in [6.07, 6.45) is 3.13. The van der Waals surface area contributed by atoms with Crippen molar-refractivity contribution >= 4 is 17.6 Å². The van der Waals surface area contributed by atoms with Gasteiger partial charge in [0.2, 0.25) is 11.9 Å². The first-order valence-corrected chi connectivity index (χ1v) is 5.86. The van der Waals surface area contributed by atoms with Crippen LogP contribution >= 0.6 is 0 Å². The molecule has 0 aliphatic rings. The van der Waals surface area contributed by atoms with Gasteiger partial charge in [0.25, 0.3) is 5.95 Å². The van der Waals surface area contributed by atoms with Gasteiger partial charge in [-0.25, -0.2) is 13.5 Å². The molecule has 3 rings (SSSR count). The highest BCUT2D eigenvalue weighted by atomic mass is 19.1. The molecule has 0 saturated carbocycles. The van der Waals surface area contributed by atoms with Gasteiger partial charge in [0.15, 0.2) is 0 Å². The molecule has 0 aliphatic carbocycles. The fourth-order valence-electron chi connectivity index (χ4n) is 1.66. The molecule has 2 aromatic heterocycles. The monoisotopic (exact) mass is 289 g/mol. The molecule has 0 saturated heterocycles. The molecular weight excluding hydrogens is 280 g/mol. The summed E-state index contributed by atoms with van der Waals surface area (Å²) in [6, 6.07) is 5.16. The third kappa shape index (κ3) is 2.61. The second kappa shape index (κ2) is 5.12. The van der Waals surface area contributed by atoms with Crippen molar-refractivity contribution in [3.63, 3.8) is 0 Å². The first-order chi connectivity index (χ1) is 10.1. The van der Waals surface area contributed by atoms with Crippen molar-refractivity contribution in [3.8, 4) is 5.95 Å². The lowest BCUT2D eigenvalue weighted by atomic mass is 10.3. The first-order valence-electron chi connectivity index (χ1n) is 5.86. The lowest BCUT2D eigenvalue weighted by Gasteiger charge is -2.08. The Morgan fingerprint density at radius 1 is 1.05 bits per heavy atom. The van der Waals surface area contributed by atoms with Crippen LogP contribution in [0, 0.1) is 11.6 Å². The van der Waals surface area contributed by atoms with E-state index < -0.39 is 11.6 Å². The molecule has 3 aromatic rings. The lowest BCUT2D eigenvalue weighted by Crippen LogP contribution is -2.10. The molecule has 1 aromatic carbocycles. The Hall–Kier alpha value is -3.10. The topological polar surface area (TPSA) is 94.5 Å². The van der Waals surface area contributed by atoms with Crippen molar-refractivity contribution in [2.24, 2.45) is 0 Å². The summed E-state index contributed by atoms with van der Waals surface area (Å²) in [5, 5.41) is 6.39. The van der Waals surface area contributed by atoms with Gasteiger partial charge in [0, 0.05) is 12.4 Å². The second-order valence-electron chi connectivity index (χ2n) is 3.99. The third-order valence-corrected chi connectivity index (χ3v) is 2.55. The van der Waals surface area contributed by atoms with Gasteiger partial charge in [-0.05, 0) is 18.2 Å². The smallest absolute Gasteiger partial charge is 0.257 e. The van der Waals surface area contributed by atoms with Gasteiger partial charge >= 0.3 is 0 Å². The van der Waals surface area contributed by atoms with Gasteiger partial charge in [-0.1, -0.05) is 6.07 Å². The van der Waals surface area contributed by atoms with Crippen LogP contribution in [0.15, 0.2) is 36.7 Å². The number of nitrogens with one attached hydrogen (secondary N) is 1. The Morgan fingerprint density at radius 2 is 1.81 bits per heavy atom. The predicted molar refractivity (Wildman–Crippen MR) is 71.0 cm³/mol. The number of anilines is 3. The van der Waals surface area contributed by atoms with Crippen LogP contribution in [0.5, 0.6) is 0 Å². The highest BCUT2D eigenvalue weighted by Crippen LogP contribution is 2.21.